The summed E-state index contributed by atoms with van der Waals surface area (Å²) in [5, 5.41) is 3.24. The highest BCUT2D eigenvalue weighted by Gasteiger charge is 2.21. The molecule has 0 heterocycles. The Kier molecular flexibility index (Phi) is 6.75. The minimum Gasteiger partial charge on any atom is -0.495 e. The molecule has 2 aromatic rings. The average molecular weight is 378 g/mol. The van der Waals surface area contributed by atoms with Crippen molar-refractivity contribution in [2.75, 3.05) is 19.5 Å². The van der Waals surface area contributed by atoms with E-state index in [1.807, 2.05) is 32.9 Å². The van der Waals surface area contributed by atoms with E-state index >= 15 is 0 Å². The van der Waals surface area contributed by atoms with E-state index in [0.29, 0.717) is 34.4 Å². The van der Waals surface area contributed by atoms with Crippen molar-refractivity contribution in [2.45, 2.75) is 33.3 Å². The van der Waals surface area contributed by atoms with E-state index in [1.165, 1.54) is 14.2 Å². The van der Waals surface area contributed by atoms with Crippen LogP contribution in [0, 0.1) is 13.8 Å². The molecule has 1 atom stereocenters. The molecule has 140 valence electrons. The summed E-state index contributed by atoms with van der Waals surface area (Å²) in [6.07, 6.45) is -0.117. The average Bonchev–Trinajstić information content (AvgIpc) is 2.59. The summed E-state index contributed by atoms with van der Waals surface area (Å²) in [4.78, 5) is 12.7. The molecular weight excluding hydrogens is 354 g/mol. The monoisotopic (exact) mass is 377 g/mol. The molecule has 0 aromatic heterocycles. The Bertz CT molecular complexity index is 771. The zero-order chi connectivity index (χ0) is 19.3. The highest BCUT2D eigenvalue weighted by molar-refractivity contribution is 6.32. The lowest BCUT2D eigenvalue weighted by Gasteiger charge is -2.19. The van der Waals surface area contributed by atoms with E-state index in [4.69, 9.17) is 25.8 Å². The fourth-order valence-electron chi connectivity index (χ4n) is 2.66. The van der Waals surface area contributed by atoms with Crippen LogP contribution in [-0.4, -0.2) is 26.2 Å². The molecule has 6 heteroatoms. The van der Waals surface area contributed by atoms with E-state index < -0.39 is 6.10 Å². The van der Waals surface area contributed by atoms with E-state index in [-0.39, 0.29) is 5.91 Å². The first-order chi connectivity index (χ1) is 12.4. The van der Waals surface area contributed by atoms with Crippen molar-refractivity contribution < 1.29 is 19.0 Å². The molecule has 0 radical (unpaired) electrons. The maximum absolute atomic E-state index is 12.7. The summed E-state index contributed by atoms with van der Waals surface area (Å²) in [6.45, 7) is 5.88. The van der Waals surface area contributed by atoms with Gasteiger partial charge in [-0.1, -0.05) is 24.6 Å². The number of carbonyl (C=O) groups is 1. The third kappa shape index (κ3) is 4.82. The topological polar surface area (TPSA) is 56.8 Å². The number of rotatable bonds is 7. The SMILES string of the molecule is CC[C@@H](Oc1cc(C)cc(C)c1)C(=O)Nc1cc(OC)c(Cl)cc1OC. The van der Waals surface area contributed by atoms with Crippen LogP contribution < -0.4 is 19.5 Å². The molecule has 0 saturated heterocycles. The van der Waals surface area contributed by atoms with Crippen molar-refractivity contribution in [1.29, 1.82) is 0 Å². The molecule has 1 N–H and O–H groups in total. The third-order valence-corrected chi connectivity index (χ3v) is 4.16. The van der Waals surface area contributed by atoms with Crippen LogP contribution in [0.15, 0.2) is 30.3 Å². The van der Waals surface area contributed by atoms with Gasteiger partial charge in [0, 0.05) is 12.1 Å². The molecule has 0 spiro atoms. The number of anilines is 1. The molecular formula is C20H24ClNO4. The first-order valence-corrected chi connectivity index (χ1v) is 8.73. The standard InChI is InChI=1S/C20H24ClNO4/c1-6-17(26-14-8-12(2)7-13(3)9-14)20(23)22-16-11-18(24-4)15(21)10-19(16)25-5/h7-11,17H,6H2,1-5H3,(H,22,23)/t17-/m1/s1. The largest absolute Gasteiger partial charge is 0.495 e. The van der Waals surface area contributed by atoms with Gasteiger partial charge in [-0.05, 0) is 43.5 Å². The molecule has 1 amide bonds. The second-order valence-corrected chi connectivity index (χ2v) is 6.42. The lowest BCUT2D eigenvalue weighted by Crippen LogP contribution is -2.32. The molecule has 2 rings (SSSR count). The molecule has 0 unspecified atom stereocenters. The van der Waals surface area contributed by atoms with Crippen LogP contribution in [-0.2, 0) is 4.79 Å². The summed E-state index contributed by atoms with van der Waals surface area (Å²) in [5.41, 5.74) is 2.64. The normalized spacial score (nSPS) is 11.6. The lowest BCUT2D eigenvalue weighted by atomic mass is 10.1. The van der Waals surface area contributed by atoms with Crippen molar-refractivity contribution in [3.8, 4) is 17.2 Å². The maximum Gasteiger partial charge on any atom is 0.265 e. The van der Waals surface area contributed by atoms with Crippen LogP contribution >= 0.6 is 11.6 Å². The Morgan fingerprint density at radius 3 is 2.19 bits per heavy atom. The van der Waals surface area contributed by atoms with Crippen LogP contribution in [0.5, 0.6) is 17.2 Å². The van der Waals surface area contributed by atoms with Gasteiger partial charge in [-0.15, -0.1) is 0 Å². The number of hydrogen-bond acceptors (Lipinski definition) is 4. The third-order valence-electron chi connectivity index (χ3n) is 3.87. The van der Waals surface area contributed by atoms with E-state index in [9.17, 15) is 4.79 Å². The Morgan fingerprint density at radius 2 is 1.65 bits per heavy atom. The van der Waals surface area contributed by atoms with Gasteiger partial charge in [0.2, 0.25) is 0 Å². The van der Waals surface area contributed by atoms with Crippen molar-refractivity contribution in [1.82, 2.24) is 0 Å². The molecule has 0 aliphatic carbocycles. The van der Waals surface area contributed by atoms with Gasteiger partial charge in [-0.3, -0.25) is 4.79 Å². The van der Waals surface area contributed by atoms with E-state index in [2.05, 4.69) is 11.4 Å². The fourth-order valence-corrected chi connectivity index (χ4v) is 2.89. The summed E-state index contributed by atoms with van der Waals surface area (Å²) >= 11 is 6.10. The zero-order valence-electron chi connectivity index (χ0n) is 15.7. The molecule has 2 aromatic carbocycles. The highest BCUT2D eigenvalue weighted by Crippen LogP contribution is 2.36. The summed E-state index contributed by atoms with van der Waals surface area (Å²) < 4.78 is 16.4. The summed E-state index contributed by atoms with van der Waals surface area (Å²) in [7, 11) is 3.02. The molecule has 0 fully saturated rings. The first-order valence-electron chi connectivity index (χ1n) is 8.35. The number of methoxy groups -OCH3 is 2. The Morgan fingerprint density at radius 1 is 1.04 bits per heavy atom. The van der Waals surface area contributed by atoms with E-state index in [1.54, 1.807) is 12.1 Å². The minimum atomic E-state index is -0.637. The summed E-state index contributed by atoms with van der Waals surface area (Å²) in [6, 6.07) is 9.10. The van der Waals surface area contributed by atoms with Gasteiger partial charge in [-0.2, -0.15) is 0 Å². The molecule has 0 aliphatic rings. The molecule has 26 heavy (non-hydrogen) atoms. The number of benzene rings is 2. The number of amides is 1. The predicted molar refractivity (Wildman–Crippen MR) is 104 cm³/mol. The van der Waals surface area contributed by atoms with Crippen LogP contribution in [0.4, 0.5) is 5.69 Å². The number of aryl methyl sites for hydroxylation is 2. The lowest BCUT2D eigenvalue weighted by molar-refractivity contribution is -0.122. The Balaban J connectivity index is 2.21. The molecule has 0 saturated carbocycles. The van der Waals surface area contributed by atoms with Crippen molar-refractivity contribution in [3.63, 3.8) is 0 Å². The van der Waals surface area contributed by atoms with Crippen LogP contribution in [0.1, 0.15) is 24.5 Å². The van der Waals surface area contributed by atoms with Gasteiger partial charge < -0.3 is 19.5 Å². The van der Waals surface area contributed by atoms with Crippen LogP contribution in [0.25, 0.3) is 0 Å². The van der Waals surface area contributed by atoms with E-state index in [0.717, 1.165) is 11.1 Å². The minimum absolute atomic E-state index is 0.269. The predicted octanol–water partition coefficient (Wildman–Crippen LogP) is 4.77. The van der Waals surface area contributed by atoms with Gasteiger partial charge in [0.1, 0.15) is 17.2 Å². The number of halogens is 1. The molecule has 0 bridgehead atoms. The number of nitrogens with one attached hydrogen (secondary N) is 1. The fraction of sp³-hybridized carbons (Fsp3) is 0.350. The Labute approximate surface area is 159 Å². The quantitative estimate of drug-likeness (QED) is 0.755. The van der Waals surface area contributed by atoms with Gasteiger partial charge >= 0.3 is 0 Å². The Hall–Kier alpha value is -2.40. The van der Waals surface area contributed by atoms with Crippen molar-refractivity contribution in [2.24, 2.45) is 0 Å². The second kappa shape index (κ2) is 8.81. The molecule has 0 aliphatic heterocycles. The second-order valence-electron chi connectivity index (χ2n) is 6.01. The number of hydrogen-bond donors (Lipinski definition) is 1. The van der Waals surface area contributed by atoms with Gasteiger partial charge in [-0.25, -0.2) is 0 Å². The zero-order valence-corrected chi connectivity index (χ0v) is 16.4. The first kappa shape index (κ1) is 19.9. The van der Waals surface area contributed by atoms with Crippen LogP contribution in [0.3, 0.4) is 0 Å². The van der Waals surface area contributed by atoms with Gasteiger partial charge in [0.05, 0.1) is 24.9 Å². The number of ether oxygens (including phenoxy) is 3. The van der Waals surface area contributed by atoms with Gasteiger partial charge in [0.25, 0.3) is 5.91 Å². The summed E-state index contributed by atoms with van der Waals surface area (Å²) in [5.74, 6) is 1.30. The van der Waals surface area contributed by atoms with Gasteiger partial charge in [0.15, 0.2) is 6.10 Å². The highest BCUT2D eigenvalue weighted by atomic mass is 35.5. The molecule has 5 nitrogen and oxygen atoms in total. The van der Waals surface area contributed by atoms with Crippen LogP contribution in [0.2, 0.25) is 5.02 Å². The smallest absolute Gasteiger partial charge is 0.265 e. The maximum atomic E-state index is 12.7. The van der Waals surface area contributed by atoms with Crippen molar-refractivity contribution >= 4 is 23.2 Å². The van der Waals surface area contributed by atoms with Crippen molar-refractivity contribution in [3.05, 3.63) is 46.5 Å². The number of carbonyl (C=O) groups excluding carboxylic acids is 1.